The predicted molar refractivity (Wildman–Crippen MR) is 21.9 cm³/mol. The van der Waals surface area contributed by atoms with Gasteiger partial charge in [-0.15, -0.1) is 0 Å². The largest absolute Gasteiger partial charge is 0.456 e. The van der Waals surface area contributed by atoms with Gasteiger partial charge in [-0.1, -0.05) is 0 Å². The first-order valence-corrected chi connectivity index (χ1v) is 2.38. The van der Waals surface area contributed by atoms with Gasteiger partial charge in [-0.3, -0.25) is 0 Å². The van der Waals surface area contributed by atoms with Crippen molar-refractivity contribution in [2.75, 3.05) is 6.67 Å². The van der Waals surface area contributed by atoms with Gasteiger partial charge in [0.1, 0.15) is 6.67 Å². The Labute approximate surface area is 57.0 Å². The van der Waals surface area contributed by atoms with Crippen LogP contribution in [0.1, 0.15) is 0 Å². The van der Waals surface area contributed by atoms with E-state index in [9.17, 15) is 30.7 Å². The van der Waals surface area contributed by atoms with Gasteiger partial charge in [-0.05, 0) is 0 Å². The van der Waals surface area contributed by atoms with Gasteiger partial charge in [0, 0.05) is 0 Å². The summed E-state index contributed by atoms with van der Waals surface area (Å²) in [4.78, 5) is 0. The minimum absolute atomic E-state index is 2.35. The highest BCUT2D eigenvalue weighted by Crippen LogP contribution is 2.39. The Balaban J connectivity index is 4.45. The van der Waals surface area contributed by atoms with Crippen LogP contribution in [-0.4, -0.2) is 24.9 Å². The number of rotatable bonds is 2. The molecule has 0 radical (unpaired) electrons. The van der Waals surface area contributed by atoms with E-state index < -0.39 is 24.9 Å². The summed E-state index contributed by atoms with van der Waals surface area (Å²) < 4.78 is 79.1. The molecular formula is C4H3F7. The van der Waals surface area contributed by atoms with E-state index in [1.165, 1.54) is 0 Å². The van der Waals surface area contributed by atoms with Gasteiger partial charge in [-0.25, -0.2) is 8.78 Å². The molecule has 68 valence electrons. The molecule has 11 heavy (non-hydrogen) atoms. The Kier molecular flexibility index (Phi) is 2.74. The van der Waals surface area contributed by atoms with Crippen LogP contribution < -0.4 is 0 Å². The van der Waals surface area contributed by atoms with Crippen molar-refractivity contribution in [3.8, 4) is 0 Å². The molecule has 0 heterocycles. The van der Waals surface area contributed by atoms with Crippen LogP contribution in [0, 0.1) is 0 Å². The van der Waals surface area contributed by atoms with Gasteiger partial charge < -0.3 is 0 Å². The second-order valence-corrected chi connectivity index (χ2v) is 1.74. The van der Waals surface area contributed by atoms with E-state index in [1.807, 2.05) is 0 Å². The minimum atomic E-state index is -6.03. The van der Waals surface area contributed by atoms with Crippen molar-refractivity contribution in [1.29, 1.82) is 0 Å². The van der Waals surface area contributed by atoms with Crippen LogP contribution in [0.5, 0.6) is 0 Å². The fourth-order valence-electron chi connectivity index (χ4n) is 0.274. The maximum atomic E-state index is 11.6. The lowest BCUT2D eigenvalue weighted by Crippen LogP contribution is -2.45. The molecule has 7 heteroatoms. The molecule has 0 bridgehead atoms. The molecular weight excluding hydrogens is 181 g/mol. The monoisotopic (exact) mass is 184 g/mol. The van der Waals surface area contributed by atoms with Crippen molar-refractivity contribution in [1.82, 2.24) is 0 Å². The van der Waals surface area contributed by atoms with Gasteiger partial charge >= 0.3 is 12.1 Å². The molecule has 1 atom stereocenters. The van der Waals surface area contributed by atoms with E-state index in [0.29, 0.717) is 0 Å². The SMILES string of the molecule is FCC(F)C(F)(F)C(F)(F)F. The van der Waals surface area contributed by atoms with Crippen LogP contribution in [0.15, 0.2) is 0 Å². The molecule has 1 unspecified atom stereocenters. The molecule has 0 N–H and O–H groups in total. The molecule has 0 nitrogen and oxygen atoms in total. The zero-order chi connectivity index (χ0) is 9.28. The van der Waals surface area contributed by atoms with Crippen molar-refractivity contribution in [2.24, 2.45) is 0 Å². The highest BCUT2D eigenvalue weighted by atomic mass is 19.4. The van der Waals surface area contributed by atoms with Crippen molar-refractivity contribution in [3.05, 3.63) is 0 Å². The molecule has 0 aliphatic rings. The molecule has 0 spiro atoms. The summed E-state index contributed by atoms with van der Waals surface area (Å²) in [5.74, 6) is -5.60. The van der Waals surface area contributed by atoms with E-state index in [2.05, 4.69) is 0 Å². The molecule has 0 aromatic carbocycles. The van der Waals surface area contributed by atoms with E-state index in [4.69, 9.17) is 0 Å². The summed E-state index contributed by atoms with van der Waals surface area (Å²) in [6.45, 7) is -2.35. The molecule has 0 aromatic heterocycles. The summed E-state index contributed by atoms with van der Waals surface area (Å²) in [6.07, 6.45) is -9.85. The topological polar surface area (TPSA) is 0 Å². The van der Waals surface area contributed by atoms with Crippen molar-refractivity contribution in [2.45, 2.75) is 18.3 Å². The summed E-state index contributed by atoms with van der Waals surface area (Å²) in [7, 11) is 0. The highest BCUT2D eigenvalue weighted by Gasteiger charge is 2.63. The molecule has 0 aliphatic heterocycles. The zero-order valence-corrected chi connectivity index (χ0v) is 4.93. The van der Waals surface area contributed by atoms with Crippen LogP contribution in [0.3, 0.4) is 0 Å². The van der Waals surface area contributed by atoms with Gasteiger partial charge in [0.15, 0.2) is 0 Å². The second-order valence-electron chi connectivity index (χ2n) is 1.74. The Morgan fingerprint density at radius 2 is 1.36 bits per heavy atom. The number of halogens is 7. The van der Waals surface area contributed by atoms with Crippen molar-refractivity contribution < 1.29 is 30.7 Å². The summed E-state index contributed by atoms with van der Waals surface area (Å²) in [5, 5.41) is 0. The van der Waals surface area contributed by atoms with Crippen LogP contribution in [0.4, 0.5) is 30.7 Å². The molecule has 0 fully saturated rings. The maximum absolute atomic E-state index is 11.6. The number of hydrogen-bond donors (Lipinski definition) is 0. The van der Waals surface area contributed by atoms with Gasteiger partial charge in [0.05, 0.1) is 0 Å². The zero-order valence-electron chi connectivity index (χ0n) is 4.93. The third-order valence-corrected chi connectivity index (χ3v) is 0.907. The van der Waals surface area contributed by atoms with Crippen molar-refractivity contribution in [3.63, 3.8) is 0 Å². The molecule has 0 rings (SSSR count). The van der Waals surface area contributed by atoms with Crippen LogP contribution in [-0.2, 0) is 0 Å². The normalized spacial score (nSPS) is 16.6. The Morgan fingerprint density at radius 1 is 1.00 bits per heavy atom. The Morgan fingerprint density at radius 3 is 1.45 bits per heavy atom. The third kappa shape index (κ3) is 1.97. The first kappa shape index (κ1) is 10.5. The Hall–Kier alpha value is -0.490. The molecule has 0 aliphatic carbocycles. The number of alkyl halides is 7. The average Bonchev–Trinajstić information content (AvgIpc) is 1.83. The highest BCUT2D eigenvalue weighted by molar-refractivity contribution is 4.83. The average molecular weight is 184 g/mol. The fourth-order valence-corrected chi connectivity index (χ4v) is 0.274. The quantitative estimate of drug-likeness (QED) is 0.578. The maximum Gasteiger partial charge on any atom is 0.456 e. The Bertz CT molecular complexity index is 125. The predicted octanol–water partition coefficient (Wildman–Crippen LogP) is 2.49. The second kappa shape index (κ2) is 2.86. The summed E-state index contributed by atoms with van der Waals surface area (Å²) >= 11 is 0. The lowest BCUT2D eigenvalue weighted by atomic mass is 10.2. The van der Waals surface area contributed by atoms with E-state index in [-0.39, 0.29) is 0 Å². The first-order valence-electron chi connectivity index (χ1n) is 2.38. The standard InChI is InChI=1S/C4H3F7/c5-1-2(6)3(7,8)4(9,10)11/h2H,1H2. The van der Waals surface area contributed by atoms with Crippen LogP contribution in [0.25, 0.3) is 0 Å². The fraction of sp³-hybridized carbons (Fsp3) is 1.00. The smallest absolute Gasteiger partial charge is 0.248 e. The minimum Gasteiger partial charge on any atom is -0.248 e. The molecule has 0 saturated carbocycles. The van der Waals surface area contributed by atoms with E-state index in [0.717, 1.165) is 0 Å². The molecule has 0 aromatic rings. The van der Waals surface area contributed by atoms with Gasteiger partial charge in [0.2, 0.25) is 6.17 Å². The number of hydrogen-bond acceptors (Lipinski definition) is 0. The molecule has 0 saturated heterocycles. The lowest BCUT2D eigenvalue weighted by molar-refractivity contribution is -0.304. The van der Waals surface area contributed by atoms with Gasteiger partial charge in [-0.2, -0.15) is 22.0 Å². The summed E-state index contributed by atoms with van der Waals surface area (Å²) in [5.41, 5.74) is 0. The van der Waals surface area contributed by atoms with Crippen molar-refractivity contribution >= 4 is 0 Å². The van der Waals surface area contributed by atoms with Crippen LogP contribution in [0.2, 0.25) is 0 Å². The third-order valence-electron chi connectivity index (χ3n) is 0.907. The first-order chi connectivity index (χ1) is 4.73. The molecule has 0 amide bonds. The van der Waals surface area contributed by atoms with Crippen LogP contribution >= 0.6 is 0 Å². The summed E-state index contributed by atoms with van der Waals surface area (Å²) in [6, 6.07) is 0. The van der Waals surface area contributed by atoms with E-state index >= 15 is 0 Å². The lowest BCUT2D eigenvalue weighted by Gasteiger charge is -2.20. The van der Waals surface area contributed by atoms with Gasteiger partial charge in [0.25, 0.3) is 0 Å². The van der Waals surface area contributed by atoms with E-state index in [1.54, 1.807) is 0 Å².